The molecular formula is C13H13ClN2. The van der Waals surface area contributed by atoms with Gasteiger partial charge in [-0.15, -0.1) is 13.2 Å². The average Bonchev–Trinajstić information content (AvgIpc) is 2.29. The molecule has 1 aromatic carbocycles. The van der Waals surface area contributed by atoms with Crippen molar-refractivity contribution in [1.29, 1.82) is 5.26 Å². The molecule has 0 aliphatic carbocycles. The molecular weight excluding hydrogens is 220 g/mol. The third kappa shape index (κ3) is 2.88. The van der Waals surface area contributed by atoms with Crippen LogP contribution in [0.5, 0.6) is 0 Å². The van der Waals surface area contributed by atoms with Crippen LogP contribution >= 0.6 is 11.6 Å². The number of nitriles is 1. The average molecular weight is 233 g/mol. The van der Waals surface area contributed by atoms with Gasteiger partial charge in [0, 0.05) is 18.1 Å². The maximum absolute atomic E-state index is 9.02. The fourth-order valence-electron chi connectivity index (χ4n) is 1.44. The number of halogens is 1. The van der Waals surface area contributed by atoms with E-state index in [2.05, 4.69) is 19.2 Å². The van der Waals surface area contributed by atoms with Gasteiger partial charge in [-0.3, -0.25) is 0 Å². The number of hydrogen-bond donors (Lipinski definition) is 0. The van der Waals surface area contributed by atoms with Crippen molar-refractivity contribution < 1.29 is 0 Å². The van der Waals surface area contributed by atoms with E-state index in [1.54, 1.807) is 30.4 Å². The third-order valence-corrected chi connectivity index (χ3v) is 2.35. The second kappa shape index (κ2) is 5.99. The van der Waals surface area contributed by atoms with Gasteiger partial charge in [0.15, 0.2) is 0 Å². The van der Waals surface area contributed by atoms with Gasteiger partial charge >= 0.3 is 0 Å². The van der Waals surface area contributed by atoms with Gasteiger partial charge in [0.1, 0.15) is 6.07 Å². The van der Waals surface area contributed by atoms with Gasteiger partial charge in [-0.1, -0.05) is 23.8 Å². The van der Waals surface area contributed by atoms with Crippen LogP contribution in [-0.2, 0) is 0 Å². The van der Waals surface area contributed by atoms with Crippen LogP contribution in [0.2, 0.25) is 5.02 Å². The van der Waals surface area contributed by atoms with E-state index in [0.717, 1.165) is 5.69 Å². The largest absolute Gasteiger partial charge is 0.363 e. The van der Waals surface area contributed by atoms with Gasteiger partial charge in [0.25, 0.3) is 0 Å². The molecule has 0 unspecified atom stereocenters. The molecule has 0 atom stereocenters. The molecule has 0 bridgehead atoms. The molecule has 0 aliphatic rings. The van der Waals surface area contributed by atoms with E-state index in [-0.39, 0.29) is 0 Å². The number of nitrogens with zero attached hydrogens (tertiary/aromatic N) is 2. The maximum atomic E-state index is 9.02. The Morgan fingerprint density at radius 1 is 1.31 bits per heavy atom. The topological polar surface area (TPSA) is 27.0 Å². The zero-order valence-electron chi connectivity index (χ0n) is 8.99. The summed E-state index contributed by atoms with van der Waals surface area (Å²) in [5.74, 6) is 0. The SMILES string of the molecule is C=CCN(CC=C)c1cc(Cl)ccc1C#N. The van der Waals surface area contributed by atoms with Crippen molar-refractivity contribution in [1.82, 2.24) is 0 Å². The van der Waals surface area contributed by atoms with Crippen LogP contribution in [-0.4, -0.2) is 13.1 Å². The molecule has 82 valence electrons. The van der Waals surface area contributed by atoms with Gasteiger partial charge in [-0.25, -0.2) is 0 Å². The highest BCUT2D eigenvalue weighted by atomic mass is 35.5. The zero-order chi connectivity index (χ0) is 12.0. The van der Waals surface area contributed by atoms with Gasteiger partial charge in [0.2, 0.25) is 0 Å². The van der Waals surface area contributed by atoms with E-state index >= 15 is 0 Å². The van der Waals surface area contributed by atoms with E-state index in [1.807, 2.05) is 4.90 Å². The molecule has 16 heavy (non-hydrogen) atoms. The Morgan fingerprint density at radius 2 is 1.94 bits per heavy atom. The summed E-state index contributed by atoms with van der Waals surface area (Å²) in [6, 6.07) is 7.37. The normalized spacial score (nSPS) is 9.25. The van der Waals surface area contributed by atoms with E-state index in [0.29, 0.717) is 23.7 Å². The molecule has 0 heterocycles. The van der Waals surface area contributed by atoms with Crippen LogP contribution in [0, 0.1) is 11.3 Å². The molecule has 0 saturated heterocycles. The van der Waals surface area contributed by atoms with E-state index in [1.165, 1.54) is 0 Å². The molecule has 0 aromatic heterocycles. The lowest BCUT2D eigenvalue weighted by Crippen LogP contribution is -2.23. The molecule has 0 saturated carbocycles. The Labute approximate surface area is 101 Å². The molecule has 2 nitrogen and oxygen atoms in total. The number of benzene rings is 1. The molecule has 0 fully saturated rings. The molecule has 0 aliphatic heterocycles. The standard InChI is InChI=1S/C13H13ClN2/c1-3-7-16(8-4-2)13-9-12(14)6-5-11(13)10-15/h3-6,9H,1-2,7-8H2. The summed E-state index contributed by atoms with van der Waals surface area (Å²) in [7, 11) is 0. The van der Waals surface area contributed by atoms with Gasteiger partial charge < -0.3 is 4.90 Å². The van der Waals surface area contributed by atoms with Gasteiger partial charge in [-0.05, 0) is 18.2 Å². The van der Waals surface area contributed by atoms with Crippen LogP contribution in [0.15, 0.2) is 43.5 Å². The van der Waals surface area contributed by atoms with Crippen molar-refractivity contribution in [3.8, 4) is 6.07 Å². The summed E-state index contributed by atoms with van der Waals surface area (Å²) in [6.45, 7) is 8.70. The van der Waals surface area contributed by atoms with Gasteiger partial charge in [0.05, 0.1) is 11.3 Å². The highest BCUT2D eigenvalue weighted by Crippen LogP contribution is 2.24. The highest BCUT2D eigenvalue weighted by Gasteiger charge is 2.09. The Balaban J connectivity index is 3.15. The van der Waals surface area contributed by atoms with Crippen molar-refractivity contribution in [3.05, 3.63) is 54.1 Å². The smallest absolute Gasteiger partial charge is 0.101 e. The molecule has 1 aromatic rings. The van der Waals surface area contributed by atoms with Crippen LogP contribution in [0.4, 0.5) is 5.69 Å². The summed E-state index contributed by atoms with van der Waals surface area (Å²) < 4.78 is 0. The quantitative estimate of drug-likeness (QED) is 0.728. The van der Waals surface area contributed by atoms with Crippen LogP contribution in [0.3, 0.4) is 0 Å². The van der Waals surface area contributed by atoms with Crippen molar-refractivity contribution in [3.63, 3.8) is 0 Å². The van der Waals surface area contributed by atoms with Crippen LogP contribution in [0.25, 0.3) is 0 Å². The molecule has 0 radical (unpaired) electrons. The Morgan fingerprint density at radius 3 is 2.44 bits per heavy atom. The van der Waals surface area contributed by atoms with Crippen LogP contribution < -0.4 is 4.90 Å². The van der Waals surface area contributed by atoms with Crippen LogP contribution in [0.1, 0.15) is 5.56 Å². The number of hydrogen-bond acceptors (Lipinski definition) is 2. The van der Waals surface area contributed by atoms with E-state index in [4.69, 9.17) is 16.9 Å². The lowest BCUT2D eigenvalue weighted by molar-refractivity contribution is 0.954. The minimum absolute atomic E-state index is 0.605. The first kappa shape index (κ1) is 12.4. The number of anilines is 1. The zero-order valence-corrected chi connectivity index (χ0v) is 9.74. The lowest BCUT2D eigenvalue weighted by atomic mass is 10.1. The predicted octanol–water partition coefficient (Wildman–Crippen LogP) is 3.39. The second-order valence-electron chi connectivity index (χ2n) is 3.26. The minimum Gasteiger partial charge on any atom is -0.363 e. The predicted molar refractivity (Wildman–Crippen MR) is 68.8 cm³/mol. The summed E-state index contributed by atoms with van der Waals surface area (Å²) >= 11 is 5.93. The van der Waals surface area contributed by atoms with Gasteiger partial charge in [-0.2, -0.15) is 5.26 Å². The molecule has 3 heteroatoms. The van der Waals surface area contributed by atoms with E-state index in [9.17, 15) is 0 Å². The Bertz CT molecular complexity index is 422. The Hall–Kier alpha value is -1.72. The summed E-state index contributed by atoms with van der Waals surface area (Å²) in [6.07, 6.45) is 3.57. The summed E-state index contributed by atoms with van der Waals surface area (Å²) in [5, 5.41) is 9.64. The first-order valence-electron chi connectivity index (χ1n) is 4.89. The fourth-order valence-corrected chi connectivity index (χ4v) is 1.61. The molecule has 0 spiro atoms. The number of rotatable bonds is 5. The van der Waals surface area contributed by atoms with E-state index < -0.39 is 0 Å². The van der Waals surface area contributed by atoms with Crippen molar-refractivity contribution >= 4 is 17.3 Å². The lowest BCUT2D eigenvalue weighted by Gasteiger charge is -2.22. The van der Waals surface area contributed by atoms with Crippen molar-refractivity contribution in [2.75, 3.05) is 18.0 Å². The highest BCUT2D eigenvalue weighted by molar-refractivity contribution is 6.30. The Kier molecular flexibility index (Phi) is 4.63. The maximum Gasteiger partial charge on any atom is 0.101 e. The van der Waals surface area contributed by atoms with Crippen molar-refractivity contribution in [2.45, 2.75) is 0 Å². The molecule has 0 N–H and O–H groups in total. The monoisotopic (exact) mass is 232 g/mol. The van der Waals surface area contributed by atoms with Crippen molar-refractivity contribution in [2.24, 2.45) is 0 Å². The molecule has 1 rings (SSSR count). The second-order valence-corrected chi connectivity index (χ2v) is 3.69. The first-order chi connectivity index (χ1) is 7.72. The minimum atomic E-state index is 0.605. The fraction of sp³-hybridized carbons (Fsp3) is 0.154. The third-order valence-electron chi connectivity index (χ3n) is 2.12. The molecule has 0 amide bonds. The first-order valence-corrected chi connectivity index (χ1v) is 5.27. The summed E-state index contributed by atoms with van der Waals surface area (Å²) in [4.78, 5) is 1.99. The summed E-state index contributed by atoms with van der Waals surface area (Å²) in [5.41, 5.74) is 1.42.